The second-order valence-corrected chi connectivity index (χ2v) is 10.7. The van der Waals surface area contributed by atoms with Crippen LogP contribution in [-0.2, 0) is 23.9 Å². The summed E-state index contributed by atoms with van der Waals surface area (Å²) in [6.45, 7) is 0.956. The molecule has 0 aromatic heterocycles. The number of amides is 3. The van der Waals surface area contributed by atoms with Crippen LogP contribution in [0.1, 0.15) is 41.0 Å². The molecule has 0 saturated carbocycles. The van der Waals surface area contributed by atoms with Gasteiger partial charge in [-0.05, 0) is 40.6 Å². The highest BCUT2D eigenvalue weighted by Gasteiger charge is 2.62. The number of benzene rings is 4. The van der Waals surface area contributed by atoms with Crippen molar-refractivity contribution in [3.05, 3.63) is 113 Å². The zero-order chi connectivity index (χ0) is 27.5. The number of nitrogens with zero attached hydrogens (tertiary/aromatic N) is 1. The van der Waals surface area contributed by atoms with Crippen LogP contribution < -0.4 is 5.32 Å². The third kappa shape index (κ3) is 3.50. The minimum Gasteiger partial charge on any atom is -0.454 e. The lowest BCUT2D eigenvalue weighted by Crippen LogP contribution is -2.45. The molecule has 7 nitrogen and oxygen atoms in total. The Balaban J connectivity index is 1.10. The van der Waals surface area contributed by atoms with Crippen molar-refractivity contribution in [2.45, 2.75) is 24.8 Å². The van der Waals surface area contributed by atoms with E-state index in [-0.39, 0.29) is 23.7 Å². The number of nitrogens with one attached hydrogen (secondary N) is 1. The topological polar surface area (TPSA) is 92.8 Å². The van der Waals surface area contributed by atoms with E-state index in [2.05, 4.69) is 5.32 Å². The van der Waals surface area contributed by atoms with Crippen molar-refractivity contribution in [1.29, 1.82) is 0 Å². The predicted octanol–water partition coefficient (Wildman–Crippen LogP) is 4.60. The van der Waals surface area contributed by atoms with Gasteiger partial charge in [-0.2, -0.15) is 0 Å². The van der Waals surface area contributed by atoms with Crippen molar-refractivity contribution in [3.8, 4) is 0 Å². The lowest BCUT2D eigenvalue weighted by molar-refractivity contribution is -0.159. The van der Waals surface area contributed by atoms with Crippen LogP contribution in [0.2, 0.25) is 0 Å². The van der Waals surface area contributed by atoms with Crippen LogP contribution in [0.25, 0.3) is 10.8 Å². The minimum absolute atomic E-state index is 0.251. The molecule has 8 rings (SSSR count). The highest BCUT2D eigenvalue weighted by molar-refractivity contribution is 6.10. The molecule has 4 aliphatic rings. The summed E-state index contributed by atoms with van der Waals surface area (Å²) >= 11 is 0. The van der Waals surface area contributed by atoms with Gasteiger partial charge in [-0.3, -0.25) is 19.3 Å². The fourth-order valence-electron chi connectivity index (χ4n) is 6.97. The van der Waals surface area contributed by atoms with Crippen LogP contribution in [0.15, 0.2) is 91.0 Å². The van der Waals surface area contributed by atoms with Gasteiger partial charge < -0.3 is 10.1 Å². The molecule has 1 fully saturated rings. The van der Waals surface area contributed by atoms with Crippen LogP contribution in [0.5, 0.6) is 0 Å². The Morgan fingerprint density at radius 2 is 1.25 bits per heavy atom. The Morgan fingerprint density at radius 3 is 1.82 bits per heavy atom. The van der Waals surface area contributed by atoms with Gasteiger partial charge in [0.15, 0.2) is 6.61 Å². The summed E-state index contributed by atoms with van der Waals surface area (Å²) in [6.07, 6.45) is 0. The molecule has 4 aromatic carbocycles. The quantitative estimate of drug-likeness (QED) is 0.301. The van der Waals surface area contributed by atoms with E-state index in [1.165, 1.54) is 6.92 Å². The van der Waals surface area contributed by atoms with E-state index in [9.17, 15) is 19.2 Å². The number of hydrogen-bond donors (Lipinski definition) is 1. The molecule has 2 bridgehead atoms. The first kappa shape index (κ1) is 24.3. The average molecular weight is 531 g/mol. The number of imide groups is 1. The number of likely N-dealkylation sites (tertiary alicyclic amines) is 1. The summed E-state index contributed by atoms with van der Waals surface area (Å²) in [5, 5.41) is 4.62. The molecule has 3 atom stereocenters. The number of esters is 1. The summed E-state index contributed by atoms with van der Waals surface area (Å²) in [5.74, 6) is -3.68. The maximum absolute atomic E-state index is 13.8. The Hall–Kier alpha value is -4.78. The number of carbonyl (C=O) groups is 4. The molecule has 1 N–H and O–H groups in total. The molecule has 0 spiro atoms. The van der Waals surface area contributed by atoms with Crippen molar-refractivity contribution in [3.63, 3.8) is 0 Å². The smallest absolute Gasteiger partial charge is 0.329 e. The Kier molecular flexibility index (Phi) is 5.56. The molecule has 40 heavy (non-hydrogen) atoms. The van der Waals surface area contributed by atoms with Crippen molar-refractivity contribution < 1.29 is 23.9 Å². The first-order chi connectivity index (χ1) is 19.5. The number of rotatable bonds is 5. The summed E-state index contributed by atoms with van der Waals surface area (Å²) < 4.78 is 5.31. The van der Waals surface area contributed by atoms with Crippen LogP contribution in [0.4, 0.5) is 5.69 Å². The molecule has 7 heteroatoms. The molecule has 4 aromatic rings. The van der Waals surface area contributed by atoms with Gasteiger partial charge in [0.25, 0.3) is 5.91 Å². The fraction of sp³-hybridized carbons (Fsp3) is 0.212. The molecule has 1 aliphatic heterocycles. The largest absolute Gasteiger partial charge is 0.454 e. The lowest BCUT2D eigenvalue weighted by atomic mass is 9.55. The Bertz CT molecular complexity index is 1610. The van der Waals surface area contributed by atoms with Crippen LogP contribution in [0, 0.1) is 11.8 Å². The third-order valence-electron chi connectivity index (χ3n) is 8.62. The first-order valence-corrected chi connectivity index (χ1v) is 13.4. The van der Waals surface area contributed by atoms with Crippen molar-refractivity contribution >= 4 is 40.2 Å². The molecule has 0 radical (unpaired) electrons. The zero-order valence-electron chi connectivity index (χ0n) is 21.7. The molecule has 3 amide bonds. The molecular weight excluding hydrogens is 504 g/mol. The van der Waals surface area contributed by atoms with E-state index in [4.69, 9.17) is 4.74 Å². The van der Waals surface area contributed by atoms with Crippen LogP contribution in [0.3, 0.4) is 0 Å². The number of fused-ring (bicyclic) bond motifs is 1. The van der Waals surface area contributed by atoms with Crippen molar-refractivity contribution in [1.82, 2.24) is 4.90 Å². The van der Waals surface area contributed by atoms with Gasteiger partial charge >= 0.3 is 5.97 Å². The number of anilines is 1. The molecule has 0 unspecified atom stereocenters. The van der Waals surface area contributed by atoms with Crippen LogP contribution >= 0.6 is 0 Å². The third-order valence-corrected chi connectivity index (χ3v) is 8.62. The highest BCUT2D eigenvalue weighted by Crippen LogP contribution is 2.61. The molecule has 1 saturated heterocycles. The summed E-state index contributed by atoms with van der Waals surface area (Å²) in [6, 6.07) is 28.0. The normalized spacial score (nSPS) is 22.9. The van der Waals surface area contributed by atoms with Gasteiger partial charge in [-0.25, -0.2) is 4.79 Å². The lowest BCUT2D eigenvalue weighted by Gasteiger charge is -2.45. The van der Waals surface area contributed by atoms with E-state index in [1.807, 2.05) is 84.9 Å². The molecule has 198 valence electrons. The SMILES string of the molecule is C[C@H](C(=O)OCC(=O)Nc1cccc2ccccc12)N1C(=O)[C@@H]2C3c4ccccc4C(c4ccccc43)[C@@H]2C1=O. The van der Waals surface area contributed by atoms with Gasteiger partial charge in [0.05, 0.1) is 11.8 Å². The fourth-order valence-corrected chi connectivity index (χ4v) is 6.97. The second-order valence-electron chi connectivity index (χ2n) is 10.7. The number of hydrogen-bond acceptors (Lipinski definition) is 5. The van der Waals surface area contributed by atoms with Gasteiger partial charge in [0.2, 0.25) is 11.8 Å². The van der Waals surface area contributed by atoms with E-state index >= 15 is 0 Å². The molecular formula is C33H26N2O5. The zero-order valence-corrected chi connectivity index (χ0v) is 21.7. The van der Waals surface area contributed by atoms with E-state index < -0.39 is 36.4 Å². The number of carbonyl (C=O) groups excluding carboxylic acids is 4. The average Bonchev–Trinajstić information content (AvgIpc) is 3.25. The first-order valence-electron chi connectivity index (χ1n) is 13.4. The van der Waals surface area contributed by atoms with Gasteiger partial charge in [0, 0.05) is 22.9 Å². The van der Waals surface area contributed by atoms with Gasteiger partial charge in [-0.15, -0.1) is 0 Å². The maximum atomic E-state index is 13.8. The Morgan fingerprint density at radius 1 is 0.750 bits per heavy atom. The maximum Gasteiger partial charge on any atom is 0.329 e. The van der Waals surface area contributed by atoms with E-state index in [1.54, 1.807) is 6.07 Å². The molecule has 3 aliphatic carbocycles. The van der Waals surface area contributed by atoms with Gasteiger partial charge in [-0.1, -0.05) is 84.9 Å². The summed E-state index contributed by atoms with van der Waals surface area (Å²) in [7, 11) is 0. The summed E-state index contributed by atoms with van der Waals surface area (Å²) in [4.78, 5) is 54.4. The Labute approximate surface area is 230 Å². The summed E-state index contributed by atoms with van der Waals surface area (Å²) in [5.41, 5.74) is 4.87. The predicted molar refractivity (Wildman–Crippen MR) is 148 cm³/mol. The standard InChI is InChI=1S/C33H26N2O5/c1-18(33(39)40-17-26(36)34-25-16-8-10-19-9-2-3-11-20(19)25)35-31(37)29-27-21-12-4-5-13-22(21)28(30(29)32(35)38)24-15-7-6-14-23(24)27/h2-16,18,27-30H,17H2,1H3,(H,34,36)/t18-,27?,28?,29-,30+/m1/s1. The van der Waals surface area contributed by atoms with Crippen LogP contribution in [-0.4, -0.2) is 41.2 Å². The van der Waals surface area contributed by atoms with Crippen molar-refractivity contribution in [2.75, 3.05) is 11.9 Å². The van der Waals surface area contributed by atoms with Crippen molar-refractivity contribution in [2.24, 2.45) is 11.8 Å². The van der Waals surface area contributed by atoms with Gasteiger partial charge in [0.1, 0.15) is 6.04 Å². The second kappa shape index (κ2) is 9.16. The monoisotopic (exact) mass is 530 g/mol. The van der Waals surface area contributed by atoms with E-state index in [0.717, 1.165) is 37.9 Å². The highest BCUT2D eigenvalue weighted by atomic mass is 16.5. The number of ether oxygens (including phenoxy) is 1. The minimum atomic E-state index is -1.15. The van der Waals surface area contributed by atoms with E-state index in [0.29, 0.717) is 5.69 Å². The molecule has 1 heterocycles.